The average Bonchev–Trinajstić information content (AvgIpc) is 2.99. The number of benzene rings is 1. The Bertz CT molecular complexity index is 645. The van der Waals surface area contributed by atoms with Gasteiger partial charge in [-0.25, -0.2) is 4.79 Å². The van der Waals surface area contributed by atoms with Crippen LogP contribution in [0.3, 0.4) is 0 Å². The first-order valence-electron chi connectivity index (χ1n) is 7.25. The van der Waals surface area contributed by atoms with Crippen LogP contribution in [0.15, 0.2) is 42.6 Å². The predicted octanol–water partition coefficient (Wildman–Crippen LogP) is 2.16. The van der Waals surface area contributed by atoms with E-state index in [4.69, 9.17) is 9.47 Å². The molecule has 0 spiro atoms. The van der Waals surface area contributed by atoms with Crippen LogP contribution in [0.1, 0.15) is 21.6 Å². The van der Waals surface area contributed by atoms with Gasteiger partial charge in [-0.2, -0.15) is 0 Å². The smallest absolute Gasteiger partial charge is 0.354 e. The molecule has 5 nitrogen and oxygen atoms in total. The van der Waals surface area contributed by atoms with Gasteiger partial charge in [0.2, 0.25) is 0 Å². The van der Waals surface area contributed by atoms with Gasteiger partial charge in [-0.05, 0) is 17.2 Å². The number of likely N-dealkylation sites (tertiary alicyclic amines) is 1. The molecule has 1 aromatic heterocycles. The first-order chi connectivity index (χ1) is 10.7. The van der Waals surface area contributed by atoms with E-state index in [1.54, 1.807) is 7.11 Å². The number of nitrogens with one attached hydrogen (secondary N) is 1. The second kappa shape index (κ2) is 5.94. The quantitative estimate of drug-likeness (QED) is 0.860. The predicted molar refractivity (Wildman–Crippen MR) is 82.5 cm³/mol. The van der Waals surface area contributed by atoms with Crippen molar-refractivity contribution in [1.29, 1.82) is 0 Å². The summed E-state index contributed by atoms with van der Waals surface area (Å²) in [5.74, 6) is -0.342. The molecule has 0 unspecified atom stereocenters. The minimum absolute atomic E-state index is 0.219. The molecule has 2 aromatic rings. The van der Waals surface area contributed by atoms with E-state index in [2.05, 4.69) is 22.0 Å². The summed E-state index contributed by atoms with van der Waals surface area (Å²) in [4.78, 5) is 16.7. The van der Waals surface area contributed by atoms with E-state index in [0.717, 1.165) is 25.2 Å². The highest BCUT2D eigenvalue weighted by Gasteiger charge is 2.44. The molecule has 1 aromatic carbocycles. The van der Waals surface area contributed by atoms with E-state index >= 15 is 0 Å². The number of esters is 1. The fourth-order valence-electron chi connectivity index (χ4n) is 2.98. The van der Waals surface area contributed by atoms with E-state index < -0.39 is 0 Å². The van der Waals surface area contributed by atoms with Crippen molar-refractivity contribution in [2.45, 2.75) is 12.1 Å². The number of aromatic nitrogens is 1. The Morgan fingerprint density at radius 3 is 2.64 bits per heavy atom. The van der Waals surface area contributed by atoms with Crippen LogP contribution < -0.4 is 0 Å². The minimum atomic E-state index is -0.342. The van der Waals surface area contributed by atoms with Gasteiger partial charge in [0.1, 0.15) is 11.3 Å². The zero-order valence-electron chi connectivity index (χ0n) is 12.8. The third-order valence-electron chi connectivity index (χ3n) is 4.20. The summed E-state index contributed by atoms with van der Waals surface area (Å²) in [6.07, 6.45) is 1.85. The van der Waals surface area contributed by atoms with Crippen molar-refractivity contribution in [1.82, 2.24) is 9.88 Å². The van der Waals surface area contributed by atoms with E-state index in [1.165, 1.54) is 12.7 Å². The topological polar surface area (TPSA) is 54.6 Å². The highest BCUT2D eigenvalue weighted by atomic mass is 16.5. The number of methoxy groups -OCH3 is 2. The van der Waals surface area contributed by atoms with Crippen LogP contribution in [0.4, 0.5) is 0 Å². The van der Waals surface area contributed by atoms with Crippen molar-refractivity contribution in [3.8, 4) is 0 Å². The molecule has 3 rings (SSSR count). The molecular weight excluding hydrogens is 280 g/mol. The Balaban J connectivity index is 1.63. The summed E-state index contributed by atoms with van der Waals surface area (Å²) >= 11 is 0. The van der Waals surface area contributed by atoms with Crippen LogP contribution in [0.2, 0.25) is 0 Å². The Morgan fingerprint density at radius 2 is 2.00 bits per heavy atom. The Labute approximate surface area is 129 Å². The van der Waals surface area contributed by atoms with Crippen LogP contribution >= 0.6 is 0 Å². The lowest BCUT2D eigenvalue weighted by atomic mass is 9.85. The molecule has 22 heavy (non-hydrogen) atoms. The van der Waals surface area contributed by atoms with Gasteiger partial charge in [-0.15, -0.1) is 0 Å². The number of rotatable bonds is 5. The van der Waals surface area contributed by atoms with Crippen molar-refractivity contribution in [3.63, 3.8) is 0 Å². The molecular formula is C17H20N2O3. The van der Waals surface area contributed by atoms with Crippen LogP contribution in [0.5, 0.6) is 0 Å². The summed E-state index contributed by atoms with van der Waals surface area (Å²) in [5, 5.41) is 0. The molecule has 116 valence electrons. The normalized spacial score (nSPS) is 17.0. The zero-order chi connectivity index (χ0) is 15.6. The van der Waals surface area contributed by atoms with Crippen LogP contribution in [0, 0.1) is 0 Å². The van der Waals surface area contributed by atoms with Gasteiger partial charge in [0.25, 0.3) is 0 Å². The van der Waals surface area contributed by atoms with E-state index in [9.17, 15) is 4.79 Å². The molecule has 1 aliphatic rings. The number of ether oxygens (including phenoxy) is 2. The van der Waals surface area contributed by atoms with Gasteiger partial charge in [0, 0.05) is 32.9 Å². The summed E-state index contributed by atoms with van der Waals surface area (Å²) in [7, 11) is 3.14. The average molecular weight is 300 g/mol. The number of H-pyrrole nitrogens is 1. The molecule has 5 heteroatoms. The van der Waals surface area contributed by atoms with Crippen LogP contribution in [-0.2, 0) is 21.6 Å². The maximum Gasteiger partial charge on any atom is 0.354 e. The highest BCUT2D eigenvalue weighted by Crippen LogP contribution is 2.36. The second-order valence-corrected chi connectivity index (χ2v) is 5.62. The maximum absolute atomic E-state index is 11.4. The van der Waals surface area contributed by atoms with Gasteiger partial charge in [-0.1, -0.05) is 30.3 Å². The summed E-state index contributed by atoms with van der Waals surface area (Å²) in [6.45, 7) is 2.46. The molecule has 0 radical (unpaired) electrons. The summed E-state index contributed by atoms with van der Waals surface area (Å²) in [6, 6.07) is 12.1. The molecule has 0 amide bonds. The first kappa shape index (κ1) is 14.8. The third kappa shape index (κ3) is 2.65. The molecule has 0 saturated carbocycles. The molecule has 2 heterocycles. The van der Waals surface area contributed by atoms with Gasteiger partial charge in [0.15, 0.2) is 0 Å². The van der Waals surface area contributed by atoms with Crippen molar-refractivity contribution in [2.75, 3.05) is 27.3 Å². The standard InChI is InChI=1S/C17H20N2O3/c1-21-16(20)15-8-13(9-18-15)10-19-11-17(12-19,22-2)14-6-4-3-5-7-14/h3-9,18H,10-12H2,1-2H3. The van der Waals surface area contributed by atoms with Crippen molar-refractivity contribution >= 4 is 5.97 Å². The summed E-state index contributed by atoms with van der Waals surface area (Å²) in [5.41, 5.74) is 2.54. The van der Waals surface area contributed by atoms with Gasteiger partial charge in [-0.3, -0.25) is 4.90 Å². The van der Waals surface area contributed by atoms with Gasteiger partial charge >= 0.3 is 5.97 Å². The SMILES string of the molecule is COC(=O)c1cc(CN2CC(OC)(c3ccccc3)C2)c[nH]1. The van der Waals surface area contributed by atoms with E-state index in [1.807, 2.05) is 30.5 Å². The number of aromatic amines is 1. The number of carbonyl (C=O) groups is 1. The Hall–Kier alpha value is -2.11. The zero-order valence-corrected chi connectivity index (χ0v) is 12.8. The number of hydrogen-bond acceptors (Lipinski definition) is 4. The van der Waals surface area contributed by atoms with Crippen LogP contribution in [0.25, 0.3) is 0 Å². The van der Waals surface area contributed by atoms with E-state index in [0.29, 0.717) is 5.69 Å². The highest BCUT2D eigenvalue weighted by molar-refractivity contribution is 5.87. The number of nitrogens with zero attached hydrogens (tertiary/aromatic N) is 1. The van der Waals surface area contributed by atoms with Gasteiger partial charge in [0.05, 0.1) is 7.11 Å². The molecule has 0 aliphatic carbocycles. The summed E-state index contributed by atoms with van der Waals surface area (Å²) < 4.78 is 10.5. The number of hydrogen-bond donors (Lipinski definition) is 1. The molecule has 1 aliphatic heterocycles. The van der Waals surface area contributed by atoms with Gasteiger partial charge < -0.3 is 14.5 Å². The fourth-order valence-corrected chi connectivity index (χ4v) is 2.98. The van der Waals surface area contributed by atoms with Crippen molar-refractivity contribution < 1.29 is 14.3 Å². The lowest BCUT2D eigenvalue weighted by Crippen LogP contribution is -2.59. The van der Waals surface area contributed by atoms with E-state index in [-0.39, 0.29) is 11.6 Å². The molecule has 1 fully saturated rings. The van der Waals surface area contributed by atoms with Crippen molar-refractivity contribution in [2.24, 2.45) is 0 Å². The number of carbonyl (C=O) groups excluding carboxylic acids is 1. The minimum Gasteiger partial charge on any atom is -0.464 e. The lowest BCUT2D eigenvalue weighted by molar-refractivity contribution is -0.134. The maximum atomic E-state index is 11.4. The second-order valence-electron chi connectivity index (χ2n) is 5.62. The Kier molecular flexibility index (Phi) is 4.00. The molecule has 1 saturated heterocycles. The molecule has 0 bridgehead atoms. The first-order valence-corrected chi connectivity index (χ1v) is 7.25. The lowest BCUT2D eigenvalue weighted by Gasteiger charge is -2.49. The third-order valence-corrected chi connectivity index (χ3v) is 4.20. The van der Waals surface area contributed by atoms with Crippen molar-refractivity contribution in [3.05, 3.63) is 59.4 Å². The molecule has 1 N–H and O–H groups in total. The van der Waals surface area contributed by atoms with Crippen LogP contribution in [-0.4, -0.2) is 43.2 Å². The largest absolute Gasteiger partial charge is 0.464 e. The fraction of sp³-hybridized carbons (Fsp3) is 0.353. The Morgan fingerprint density at radius 1 is 1.27 bits per heavy atom. The monoisotopic (exact) mass is 300 g/mol. The molecule has 0 atom stereocenters.